The van der Waals surface area contributed by atoms with Gasteiger partial charge in [0.2, 0.25) is 0 Å². The Morgan fingerprint density at radius 2 is 2.06 bits per heavy atom. The van der Waals surface area contributed by atoms with Crippen LogP contribution < -0.4 is 10.6 Å². The Hall–Kier alpha value is -1.25. The van der Waals surface area contributed by atoms with Crippen LogP contribution >= 0.6 is 0 Å². The summed E-state index contributed by atoms with van der Waals surface area (Å²) < 4.78 is 0. The molecule has 0 radical (unpaired) electrons. The number of hydrogen-bond acceptors (Lipinski definition) is 3. The van der Waals surface area contributed by atoms with E-state index in [4.69, 9.17) is 5.73 Å². The summed E-state index contributed by atoms with van der Waals surface area (Å²) in [4.78, 5) is 6.62. The molecule has 3 nitrogen and oxygen atoms in total. The minimum absolute atomic E-state index is 0.585. The highest BCUT2D eigenvalue weighted by molar-refractivity contribution is 5.49. The Balaban J connectivity index is 2.21. The van der Waals surface area contributed by atoms with Crippen LogP contribution in [0, 0.1) is 11.8 Å². The number of nitrogen functional groups attached to an aromatic ring is 1. The zero-order valence-electron chi connectivity index (χ0n) is 10.4. The zero-order valence-corrected chi connectivity index (χ0v) is 10.4. The first-order valence-corrected chi connectivity index (χ1v) is 6.06. The molecule has 3 heteroatoms. The highest BCUT2D eigenvalue weighted by Crippen LogP contribution is 2.30. The fourth-order valence-corrected chi connectivity index (χ4v) is 2.62. The molecule has 2 rings (SSSR count). The van der Waals surface area contributed by atoms with E-state index in [0.29, 0.717) is 11.9 Å². The molecule has 1 fully saturated rings. The van der Waals surface area contributed by atoms with Gasteiger partial charge in [-0.25, -0.2) is 4.98 Å². The largest absolute Gasteiger partial charge is 0.384 e. The van der Waals surface area contributed by atoms with Crippen molar-refractivity contribution in [2.45, 2.75) is 33.2 Å². The monoisotopic (exact) mass is 219 g/mol. The molecular formula is C13H21N3. The fourth-order valence-electron chi connectivity index (χ4n) is 2.62. The van der Waals surface area contributed by atoms with Gasteiger partial charge in [-0.1, -0.05) is 13.8 Å². The van der Waals surface area contributed by atoms with E-state index in [1.807, 2.05) is 12.3 Å². The lowest BCUT2D eigenvalue weighted by atomic mass is 9.86. The molecule has 3 unspecified atom stereocenters. The second-order valence-corrected chi connectivity index (χ2v) is 5.15. The molecular weight excluding hydrogens is 198 g/mol. The predicted octanol–water partition coefficient (Wildman–Crippen LogP) is 2.53. The van der Waals surface area contributed by atoms with E-state index in [0.717, 1.165) is 18.4 Å². The number of hydrogen-bond donors (Lipinski definition) is 1. The second-order valence-electron chi connectivity index (χ2n) is 5.15. The van der Waals surface area contributed by atoms with E-state index in [1.165, 1.54) is 12.1 Å². The van der Waals surface area contributed by atoms with E-state index in [1.54, 1.807) is 0 Å². The lowest BCUT2D eigenvalue weighted by molar-refractivity contribution is 0.297. The standard InChI is InChI=1S/C13H21N3/c1-9-6-10(2)11(3)16(8-9)12-4-5-13(14)15-7-12/h4-5,7,9-11H,6,8H2,1-3H3,(H2,14,15). The van der Waals surface area contributed by atoms with Gasteiger partial charge in [-0.05, 0) is 37.3 Å². The van der Waals surface area contributed by atoms with Gasteiger partial charge in [0.1, 0.15) is 5.82 Å². The van der Waals surface area contributed by atoms with Crippen LogP contribution in [0.15, 0.2) is 18.3 Å². The molecule has 2 heterocycles. The SMILES string of the molecule is CC1CC(C)C(C)N(c2ccc(N)nc2)C1. The van der Waals surface area contributed by atoms with Crippen LogP contribution in [-0.2, 0) is 0 Å². The van der Waals surface area contributed by atoms with Crippen molar-refractivity contribution in [3.05, 3.63) is 18.3 Å². The first-order valence-electron chi connectivity index (χ1n) is 6.06. The molecule has 0 amide bonds. The van der Waals surface area contributed by atoms with E-state index in [9.17, 15) is 0 Å². The number of aromatic nitrogens is 1. The zero-order chi connectivity index (χ0) is 11.7. The van der Waals surface area contributed by atoms with Crippen molar-refractivity contribution in [3.8, 4) is 0 Å². The Kier molecular flexibility index (Phi) is 3.03. The van der Waals surface area contributed by atoms with Gasteiger partial charge in [0.15, 0.2) is 0 Å². The summed E-state index contributed by atoms with van der Waals surface area (Å²) in [7, 11) is 0. The quantitative estimate of drug-likeness (QED) is 0.789. The van der Waals surface area contributed by atoms with Crippen molar-refractivity contribution >= 4 is 11.5 Å². The third kappa shape index (κ3) is 2.13. The minimum Gasteiger partial charge on any atom is -0.384 e. The molecule has 0 aliphatic carbocycles. The van der Waals surface area contributed by atoms with Crippen molar-refractivity contribution in [3.63, 3.8) is 0 Å². The first kappa shape index (κ1) is 11.2. The molecule has 3 atom stereocenters. The van der Waals surface area contributed by atoms with Gasteiger partial charge >= 0.3 is 0 Å². The first-order chi connectivity index (χ1) is 7.58. The molecule has 0 aromatic carbocycles. The lowest BCUT2D eigenvalue weighted by Gasteiger charge is -2.42. The number of pyridine rings is 1. The molecule has 0 saturated carbocycles. The normalized spacial score (nSPS) is 30.4. The van der Waals surface area contributed by atoms with E-state index < -0.39 is 0 Å². The van der Waals surface area contributed by atoms with Crippen molar-refractivity contribution in [1.82, 2.24) is 4.98 Å². The van der Waals surface area contributed by atoms with Crippen LogP contribution in [0.25, 0.3) is 0 Å². The summed E-state index contributed by atoms with van der Waals surface area (Å²) >= 11 is 0. The Morgan fingerprint density at radius 3 is 2.69 bits per heavy atom. The number of anilines is 2. The molecule has 1 aromatic heterocycles. The van der Waals surface area contributed by atoms with Crippen LogP contribution in [0.5, 0.6) is 0 Å². The maximum absolute atomic E-state index is 5.62. The smallest absolute Gasteiger partial charge is 0.123 e. The molecule has 1 aliphatic heterocycles. The van der Waals surface area contributed by atoms with E-state index in [-0.39, 0.29) is 0 Å². The third-order valence-corrected chi connectivity index (χ3v) is 3.70. The van der Waals surface area contributed by atoms with Gasteiger partial charge in [0.05, 0.1) is 11.9 Å². The molecule has 1 aliphatic rings. The number of nitrogens with zero attached hydrogens (tertiary/aromatic N) is 2. The Labute approximate surface area is 97.7 Å². The molecule has 2 N–H and O–H groups in total. The van der Waals surface area contributed by atoms with Crippen LogP contribution in [0.1, 0.15) is 27.2 Å². The summed E-state index contributed by atoms with van der Waals surface area (Å²) in [6.07, 6.45) is 3.21. The van der Waals surface area contributed by atoms with Crippen molar-refractivity contribution in [2.24, 2.45) is 11.8 Å². The summed E-state index contributed by atoms with van der Waals surface area (Å²) in [5.41, 5.74) is 6.81. The van der Waals surface area contributed by atoms with Gasteiger partial charge in [-0.15, -0.1) is 0 Å². The molecule has 1 aromatic rings. The molecule has 88 valence electrons. The topological polar surface area (TPSA) is 42.1 Å². The number of nitrogens with two attached hydrogens (primary N) is 1. The fraction of sp³-hybridized carbons (Fsp3) is 0.615. The van der Waals surface area contributed by atoms with Crippen molar-refractivity contribution in [2.75, 3.05) is 17.2 Å². The highest BCUT2D eigenvalue weighted by Gasteiger charge is 2.28. The molecule has 0 spiro atoms. The van der Waals surface area contributed by atoms with Crippen LogP contribution in [0.4, 0.5) is 11.5 Å². The summed E-state index contributed by atoms with van der Waals surface area (Å²) in [5, 5.41) is 0. The Bertz CT molecular complexity index is 347. The third-order valence-electron chi connectivity index (χ3n) is 3.70. The van der Waals surface area contributed by atoms with Crippen LogP contribution in [0.2, 0.25) is 0 Å². The number of rotatable bonds is 1. The predicted molar refractivity (Wildman–Crippen MR) is 68.4 cm³/mol. The summed E-state index contributed by atoms with van der Waals surface area (Å²) in [5.74, 6) is 2.08. The average molecular weight is 219 g/mol. The Morgan fingerprint density at radius 1 is 1.31 bits per heavy atom. The van der Waals surface area contributed by atoms with Crippen molar-refractivity contribution in [1.29, 1.82) is 0 Å². The van der Waals surface area contributed by atoms with Gasteiger partial charge < -0.3 is 10.6 Å². The highest BCUT2D eigenvalue weighted by atomic mass is 15.2. The maximum atomic E-state index is 5.62. The molecule has 1 saturated heterocycles. The van der Waals surface area contributed by atoms with Gasteiger partial charge in [0.25, 0.3) is 0 Å². The van der Waals surface area contributed by atoms with E-state index in [2.05, 4.69) is 36.7 Å². The minimum atomic E-state index is 0.585. The number of piperidine rings is 1. The summed E-state index contributed by atoms with van der Waals surface area (Å²) in [6, 6.07) is 4.54. The van der Waals surface area contributed by atoms with Crippen LogP contribution in [-0.4, -0.2) is 17.6 Å². The summed E-state index contributed by atoms with van der Waals surface area (Å²) in [6.45, 7) is 8.07. The van der Waals surface area contributed by atoms with Crippen LogP contribution in [0.3, 0.4) is 0 Å². The van der Waals surface area contributed by atoms with Crippen molar-refractivity contribution < 1.29 is 0 Å². The molecule has 16 heavy (non-hydrogen) atoms. The van der Waals surface area contributed by atoms with Gasteiger partial charge in [-0.2, -0.15) is 0 Å². The van der Waals surface area contributed by atoms with Gasteiger partial charge in [-0.3, -0.25) is 0 Å². The second kappa shape index (κ2) is 4.32. The average Bonchev–Trinajstić information content (AvgIpc) is 2.25. The molecule has 0 bridgehead atoms. The van der Waals surface area contributed by atoms with E-state index >= 15 is 0 Å². The maximum Gasteiger partial charge on any atom is 0.123 e. The van der Waals surface area contributed by atoms with Gasteiger partial charge in [0, 0.05) is 12.6 Å². The lowest BCUT2D eigenvalue weighted by Crippen LogP contribution is -2.45.